The molecule has 1 saturated heterocycles. The van der Waals surface area contributed by atoms with E-state index in [1.165, 1.54) is 18.4 Å². The predicted molar refractivity (Wildman–Crippen MR) is 70.9 cm³/mol. The van der Waals surface area contributed by atoms with Crippen molar-refractivity contribution in [3.8, 4) is 6.07 Å². The lowest BCUT2D eigenvalue weighted by molar-refractivity contribution is 0.253. The molecule has 4 heteroatoms. The summed E-state index contributed by atoms with van der Waals surface area (Å²) in [4.78, 5) is 6.42. The summed E-state index contributed by atoms with van der Waals surface area (Å²) in [6.07, 6.45) is 4.28. The molecule has 1 N–H and O–H groups in total. The van der Waals surface area contributed by atoms with Gasteiger partial charge in [-0.1, -0.05) is 6.92 Å². The molecule has 0 aromatic carbocycles. The van der Waals surface area contributed by atoms with E-state index in [1.807, 2.05) is 12.1 Å². The van der Waals surface area contributed by atoms with Crippen molar-refractivity contribution in [1.82, 2.24) is 15.2 Å². The molecule has 1 aliphatic rings. The molecule has 96 valence electrons. The molecule has 1 atom stereocenters. The Hall–Kier alpha value is -1.44. The van der Waals surface area contributed by atoms with E-state index >= 15 is 0 Å². The van der Waals surface area contributed by atoms with Crippen LogP contribution in [0.4, 0.5) is 0 Å². The van der Waals surface area contributed by atoms with Crippen LogP contribution in [0.3, 0.4) is 0 Å². The molecular formula is C14H20N4. The number of nitriles is 1. The van der Waals surface area contributed by atoms with Gasteiger partial charge in [-0.05, 0) is 43.6 Å². The van der Waals surface area contributed by atoms with Crippen LogP contribution >= 0.6 is 0 Å². The summed E-state index contributed by atoms with van der Waals surface area (Å²) in [6, 6.07) is 6.59. The van der Waals surface area contributed by atoms with E-state index in [4.69, 9.17) is 5.26 Å². The highest BCUT2D eigenvalue weighted by Crippen LogP contribution is 2.10. The third-order valence-electron chi connectivity index (χ3n) is 3.43. The summed E-state index contributed by atoms with van der Waals surface area (Å²) >= 11 is 0. The fourth-order valence-corrected chi connectivity index (χ4v) is 2.42. The zero-order valence-electron chi connectivity index (χ0n) is 10.9. The normalized spacial score (nSPS) is 19.1. The van der Waals surface area contributed by atoms with Gasteiger partial charge in [0, 0.05) is 25.3 Å². The van der Waals surface area contributed by atoms with Gasteiger partial charge in [0.25, 0.3) is 0 Å². The van der Waals surface area contributed by atoms with Crippen LogP contribution in [0.2, 0.25) is 0 Å². The van der Waals surface area contributed by atoms with Crippen LogP contribution in [0.25, 0.3) is 0 Å². The molecule has 0 aliphatic carbocycles. The quantitative estimate of drug-likeness (QED) is 0.853. The number of rotatable bonds is 5. The monoisotopic (exact) mass is 244 g/mol. The van der Waals surface area contributed by atoms with E-state index in [0.717, 1.165) is 26.2 Å². The van der Waals surface area contributed by atoms with Crippen LogP contribution in [0.1, 0.15) is 31.0 Å². The number of hydrogen-bond acceptors (Lipinski definition) is 4. The van der Waals surface area contributed by atoms with Gasteiger partial charge < -0.3 is 5.32 Å². The summed E-state index contributed by atoms with van der Waals surface area (Å²) < 4.78 is 0. The SMILES string of the molecule is CCN(Cc1ccnc(C#N)c1)CC1CCCN1. The van der Waals surface area contributed by atoms with Gasteiger partial charge in [0.1, 0.15) is 11.8 Å². The maximum absolute atomic E-state index is 8.85. The average Bonchev–Trinajstić information content (AvgIpc) is 2.91. The minimum Gasteiger partial charge on any atom is -0.313 e. The van der Waals surface area contributed by atoms with E-state index in [1.54, 1.807) is 6.20 Å². The van der Waals surface area contributed by atoms with Crippen LogP contribution in [0, 0.1) is 11.3 Å². The maximum atomic E-state index is 8.85. The van der Waals surface area contributed by atoms with Gasteiger partial charge in [-0.15, -0.1) is 0 Å². The van der Waals surface area contributed by atoms with E-state index in [9.17, 15) is 0 Å². The number of nitrogens with one attached hydrogen (secondary N) is 1. The lowest BCUT2D eigenvalue weighted by atomic mass is 10.2. The predicted octanol–water partition coefficient (Wildman–Crippen LogP) is 1.53. The van der Waals surface area contributed by atoms with Crippen LogP contribution in [0.5, 0.6) is 0 Å². The number of hydrogen-bond donors (Lipinski definition) is 1. The lowest BCUT2D eigenvalue weighted by Gasteiger charge is -2.24. The highest BCUT2D eigenvalue weighted by atomic mass is 15.1. The number of pyridine rings is 1. The molecule has 0 amide bonds. The standard InChI is InChI=1S/C14H20N4/c1-2-18(11-13-4-3-6-16-13)10-12-5-7-17-14(8-12)9-15/h5,7-8,13,16H,2-4,6,10-11H2,1H3. The smallest absolute Gasteiger partial charge is 0.140 e. The van der Waals surface area contributed by atoms with E-state index < -0.39 is 0 Å². The second-order valence-corrected chi connectivity index (χ2v) is 4.78. The second-order valence-electron chi connectivity index (χ2n) is 4.78. The first kappa shape index (κ1) is 13.0. The van der Waals surface area contributed by atoms with Gasteiger partial charge in [-0.25, -0.2) is 4.98 Å². The van der Waals surface area contributed by atoms with Crippen molar-refractivity contribution in [1.29, 1.82) is 5.26 Å². The molecule has 1 unspecified atom stereocenters. The second kappa shape index (κ2) is 6.48. The highest BCUT2D eigenvalue weighted by Gasteiger charge is 2.17. The van der Waals surface area contributed by atoms with Crippen molar-refractivity contribution in [2.45, 2.75) is 32.4 Å². The average molecular weight is 244 g/mol. The molecule has 0 spiro atoms. The third kappa shape index (κ3) is 3.52. The summed E-state index contributed by atoms with van der Waals surface area (Å²) in [5, 5.41) is 12.4. The van der Waals surface area contributed by atoms with E-state index in [2.05, 4.69) is 28.2 Å². The van der Waals surface area contributed by atoms with Crippen molar-refractivity contribution in [2.75, 3.05) is 19.6 Å². The summed E-state index contributed by atoms with van der Waals surface area (Å²) in [5.74, 6) is 0. The molecule has 1 fully saturated rings. The summed E-state index contributed by atoms with van der Waals surface area (Å²) in [5.41, 5.74) is 1.67. The summed E-state index contributed by atoms with van der Waals surface area (Å²) in [6.45, 7) is 6.34. The number of aromatic nitrogens is 1. The van der Waals surface area contributed by atoms with Gasteiger partial charge in [-0.3, -0.25) is 4.90 Å². The van der Waals surface area contributed by atoms with Gasteiger partial charge in [0.05, 0.1) is 0 Å². The molecule has 0 radical (unpaired) electrons. The Morgan fingerprint density at radius 2 is 2.50 bits per heavy atom. The third-order valence-corrected chi connectivity index (χ3v) is 3.43. The summed E-state index contributed by atoms with van der Waals surface area (Å²) in [7, 11) is 0. The maximum Gasteiger partial charge on any atom is 0.140 e. The zero-order chi connectivity index (χ0) is 12.8. The van der Waals surface area contributed by atoms with Gasteiger partial charge in [-0.2, -0.15) is 5.26 Å². The first-order chi connectivity index (χ1) is 8.81. The van der Waals surface area contributed by atoms with Crippen LogP contribution < -0.4 is 5.32 Å². The first-order valence-electron chi connectivity index (χ1n) is 6.62. The molecule has 1 aliphatic heterocycles. The Balaban J connectivity index is 1.94. The lowest BCUT2D eigenvalue weighted by Crippen LogP contribution is -2.37. The fourth-order valence-electron chi connectivity index (χ4n) is 2.42. The minimum atomic E-state index is 0.502. The zero-order valence-corrected chi connectivity index (χ0v) is 10.9. The van der Waals surface area contributed by atoms with Crippen molar-refractivity contribution in [3.05, 3.63) is 29.6 Å². The fraction of sp³-hybridized carbons (Fsp3) is 0.571. The molecule has 1 aromatic rings. The minimum absolute atomic E-state index is 0.502. The molecule has 2 rings (SSSR count). The van der Waals surface area contributed by atoms with Crippen LogP contribution in [0.15, 0.2) is 18.3 Å². The van der Waals surface area contributed by atoms with Crippen molar-refractivity contribution in [2.24, 2.45) is 0 Å². The van der Waals surface area contributed by atoms with E-state index in [0.29, 0.717) is 11.7 Å². The molecule has 2 heterocycles. The van der Waals surface area contributed by atoms with E-state index in [-0.39, 0.29) is 0 Å². The van der Waals surface area contributed by atoms with Crippen molar-refractivity contribution in [3.63, 3.8) is 0 Å². The molecule has 0 bridgehead atoms. The highest BCUT2D eigenvalue weighted by molar-refractivity contribution is 5.25. The first-order valence-corrected chi connectivity index (χ1v) is 6.62. The number of likely N-dealkylation sites (N-methyl/N-ethyl adjacent to an activating group) is 1. The molecule has 0 saturated carbocycles. The largest absolute Gasteiger partial charge is 0.313 e. The van der Waals surface area contributed by atoms with Gasteiger partial charge in [0.15, 0.2) is 0 Å². The van der Waals surface area contributed by atoms with Crippen LogP contribution in [-0.2, 0) is 6.54 Å². The Kier molecular flexibility index (Phi) is 4.68. The Bertz CT molecular complexity index is 418. The number of nitrogens with zero attached hydrogens (tertiary/aromatic N) is 3. The Morgan fingerprint density at radius 3 is 3.17 bits per heavy atom. The molecular weight excluding hydrogens is 224 g/mol. The van der Waals surface area contributed by atoms with Crippen molar-refractivity contribution >= 4 is 0 Å². The Morgan fingerprint density at radius 1 is 1.61 bits per heavy atom. The Labute approximate surface area is 109 Å². The van der Waals surface area contributed by atoms with Gasteiger partial charge in [0.2, 0.25) is 0 Å². The molecule has 18 heavy (non-hydrogen) atoms. The van der Waals surface area contributed by atoms with Crippen LogP contribution in [-0.4, -0.2) is 35.6 Å². The molecule has 4 nitrogen and oxygen atoms in total. The topological polar surface area (TPSA) is 52.0 Å². The van der Waals surface area contributed by atoms with Crippen molar-refractivity contribution < 1.29 is 0 Å². The van der Waals surface area contributed by atoms with Gasteiger partial charge >= 0.3 is 0 Å². The molecule has 1 aromatic heterocycles.